The molecule has 0 bridgehead atoms. The van der Waals surface area contributed by atoms with Crippen LogP contribution in [0, 0.1) is 0 Å². The first-order chi connectivity index (χ1) is 10.8. The number of benzene rings is 1. The van der Waals surface area contributed by atoms with Crippen LogP contribution in [0.2, 0.25) is 0 Å². The van der Waals surface area contributed by atoms with E-state index in [1.807, 2.05) is 10.7 Å². The van der Waals surface area contributed by atoms with Crippen molar-refractivity contribution < 1.29 is 5.21 Å². The molecule has 0 aliphatic carbocycles. The predicted octanol–water partition coefficient (Wildman–Crippen LogP) is 1.21. The molecule has 1 fully saturated rings. The second kappa shape index (κ2) is 6.57. The van der Waals surface area contributed by atoms with Crippen molar-refractivity contribution in [2.45, 2.75) is 25.4 Å². The van der Waals surface area contributed by atoms with Gasteiger partial charge in [0.2, 0.25) is 0 Å². The molecule has 22 heavy (non-hydrogen) atoms. The van der Waals surface area contributed by atoms with Crippen LogP contribution in [-0.4, -0.2) is 44.0 Å². The monoisotopic (exact) mass is 300 g/mol. The molecule has 116 valence electrons. The van der Waals surface area contributed by atoms with Crippen LogP contribution < -0.4 is 5.73 Å². The minimum Gasteiger partial charge on any atom is -0.409 e. The smallest absolute Gasteiger partial charge is 0.192 e. The maximum Gasteiger partial charge on any atom is 0.192 e. The number of hydrogen-bond donors (Lipinski definition) is 2. The first kappa shape index (κ1) is 14.5. The summed E-state index contributed by atoms with van der Waals surface area (Å²) in [6.07, 6.45) is 3.78. The molecule has 2 heterocycles. The van der Waals surface area contributed by atoms with Crippen molar-refractivity contribution >= 4 is 5.84 Å². The van der Waals surface area contributed by atoms with Gasteiger partial charge in [-0.1, -0.05) is 40.7 Å². The molecule has 7 heteroatoms. The van der Waals surface area contributed by atoms with Crippen molar-refractivity contribution in [3.8, 4) is 0 Å². The van der Waals surface area contributed by atoms with Gasteiger partial charge in [-0.15, -0.1) is 5.10 Å². The molecule has 0 unspecified atom stereocenters. The molecule has 0 saturated carbocycles. The first-order valence-corrected chi connectivity index (χ1v) is 7.42. The van der Waals surface area contributed by atoms with E-state index in [1.165, 1.54) is 5.56 Å². The molecule has 3 rings (SSSR count). The summed E-state index contributed by atoms with van der Waals surface area (Å²) in [7, 11) is 0. The molecular formula is C15H20N6O. The topological polar surface area (TPSA) is 92.6 Å². The van der Waals surface area contributed by atoms with E-state index < -0.39 is 0 Å². The highest BCUT2D eigenvalue weighted by Crippen LogP contribution is 2.22. The zero-order valence-corrected chi connectivity index (χ0v) is 12.3. The maximum atomic E-state index is 8.66. The maximum absolute atomic E-state index is 8.66. The van der Waals surface area contributed by atoms with Crippen LogP contribution in [0.1, 0.15) is 30.1 Å². The van der Waals surface area contributed by atoms with Gasteiger partial charge in [0.05, 0.1) is 12.2 Å². The minimum atomic E-state index is -0.00670. The van der Waals surface area contributed by atoms with Crippen LogP contribution in [0.15, 0.2) is 41.7 Å². The van der Waals surface area contributed by atoms with Crippen LogP contribution >= 0.6 is 0 Å². The van der Waals surface area contributed by atoms with Gasteiger partial charge in [0, 0.05) is 19.6 Å². The Morgan fingerprint density at radius 3 is 2.68 bits per heavy atom. The molecule has 2 aromatic rings. The quantitative estimate of drug-likeness (QED) is 0.383. The number of nitrogens with two attached hydrogens (primary N) is 1. The fourth-order valence-corrected chi connectivity index (χ4v) is 2.81. The van der Waals surface area contributed by atoms with E-state index in [4.69, 9.17) is 10.9 Å². The lowest BCUT2D eigenvalue weighted by Crippen LogP contribution is -2.34. The zero-order chi connectivity index (χ0) is 15.4. The molecule has 0 radical (unpaired) electrons. The van der Waals surface area contributed by atoms with Gasteiger partial charge in [-0.05, 0) is 18.4 Å². The van der Waals surface area contributed by atoms with Crippen molar-refractivity contribution in [1.82, 2.24) is 19.9 Å². The molecule has 0 spiro atoms. The Labute approximate surface area is 129 Å². The summed E-state index contributed by atoms with van der Waals surface area (Å²) < 4.78 is 1.83. The molecule has 1 aromatic heterocycles. The largest absolute Gasteiger partial charge is 0.409 e. The molecule has 1 aliphatic heterocycles. The molecular weight excluding hydrogens is 280 g/mol. The number of nitrogens with zero attached hydrogens (tertiary/aromatic N) is 5. The molecule has 1 aliphatic rings. The highest BCUT2D eigenvalue weighted by molar-refractivity contribution is 5.94. The first-order valence-electron chi connectivity index (χ1n) is 7.42. The van der Waals surface area contributed by atoms with E-state index in [-0.39, 0.29) is 5.84 Å². The van der Waals surface area contributed by atoms with Gasteiger partial charge in [0.1, 0.15) is 0 Å². The van der Waals surface area contributed by atoms with Crippen LogP contribution in [-0.2, 0) is 6.54 Å². The third kappa shape index (κ3) is 3.25. The van der Waals surface area contributed by atoms with Crippen molar-refractivity contribution in [3.05, 3.63) is 47.8 Å². The Balaban J connectivity index is 1.56. The summed E-state index contributed by atoms with van der Waals surface area (Å²) in [4.78, 5) is 2.45. The lowest BCUT2D eigenvalue weighted by molar-refractivity contribution is 0.172. The molecule has 1 saturated heterocycles. The summed E-state index contributed by atoms with van der Waals surface area (Å²) in [6, 6.07) is 10.8. The molecule has 7 nitrogen and oxygen atoms in total. The van der Waals surface area contributed by atoms with Crippen molar-refractivity contribution in [2.75, 3.05) is 13.1 Å². The standard InChI is InChI=1S/C15H20N6O/c16-15(18-22)14-11-21(19-17-14)13-6-8-20(9-7-13)10-12-4-2-1-3-5-12/h1-5,11,13,22H,6-10H2,(H2,16,18). The average Bonchev–Trinajstić information content (AvgIpc) is 3.06. The Morgan fingerprint density at radius 1 is 1.27 bits per heavy atom. The van der Waals surface area contributed by atoms with Crippen LogP contribution in [0.4, 0.5) is 0 Å². The zero-order valence-electron chi connectivity index (χ0n) is 12.3. The van der Waals surface area contributed by atoms with Gasteiger partial charge < -0.3 is 10.9 Å². The Bertz CT molecular complexity index is 630. The van der Waals surface area contributed by atoms with E-state index in [0.29, 0.717) is 11.7 Å². The van der Waals surface area contributed by atoms with Gasteiger partial charge in [-0.25, -0.2) is 4.68 Å². The van der Waals surface area contributed by atoms with Crippen LogP contribution in [0.25, 0.3) is 0 Å². The third-order valence-electron chi connectivity index (χ3n) is 4.06. The van der Waals surface area contributed by atoms with Gasteiger partial charge in [-0.3, -0.25) is 4.90 Å². The van der Waals surface area contributed by atoms with Crippen LogP contribution in [0.3, 0.4) is 0 Å². The Hall–Kier alpha value is -2.41. The summed E-state index contributed by atoms with van der Waals surface area (Å²) in [5.41, 5.74) is 7.28. The van der Waals surface area contributed by atoms with E-state index in [9.17, 15) is 0 Å². The fraction of sp³-hybridized carbons (Fsp3) is 0.400. The third-order valence-corrected chi connectivity index (χ3v) is 4.06. The highest BCUT2D eigenvalue weighted by atomic mass is 16.4. The molecule has 0 atom stereocenters. The van der Waals surface area contributed by atoms with E-state index in [2.05, 4.69) is 44.6 Å². The number of aromatic nitrogens is 3. The van der Waals surface area contributed by atoms with Crippen molar-refractivity contribution in [1.29, 1.82) is 0 Å². The van der Waals surface area contributed by atoms with Crippen molar-refractivity contribution in [2.24, 2.45) is 10.9 Å². The lowest BCUT2D eigenvalue weighted by Gasteiger charge is -2.31. The fourth-order valence-electron chi connectivity index (χ4n) is 2.81. The SMILES string of the molecule is N/C(=N\O)c1cn(C2CCN(Cc3ccccc3)CC2)nn1. The van der Waals surface area contributed by atoms with Gasteiger partial charge in [0.25, 0.3) is 0 Å². The number of rotatable bonds is 4. The number of hydrogen-bond acceptors (Lipinski definition) is 5. The average molecular weight is 300 g/mol. The van der Waals surface area contributed by atoms with E-state index in [0.717, 1.165) is 32.5 Å². The highest BCUT2D eigenvalue weighted by Gasteiger charge is 2.22. The number of oxime groups is 1. The number of piperidine rings is 1. The van der Waals surface area contributed by atoms with E-state index >= 15 is 0 Å². The summed E-state index contributed by atoms with van der Waals surface area (Å²) in [6.45, 7) is 3.04. The normalized spacial score (nSPS) is 17.7. The van der Waals surface area contributed by atoms with Gasteiger partial charge in [-0.2, -0.15) is 0 Å². The molecule has 0 amide bonds. The minimum absolute atomic E-state index is 0.00670. The Kier molecular flexibility index (Phi) is 4.34. The second-order valence-electron chi connectivity index (χ2n) is 5.56. The lowest BCUT2D eigenvalue weighted by atomic mass is 10.0. The number of likely N-dealkylation sites (tertiary alicyclic amines) is 1. The molecule has 3 N–H and O–H groups in total. The molecule has 1 aromatic carbocycles. The summed E-state index contributed by atoms with van der Waals surface area (Å²) in [5.74, 6) is -0.00670. The Morgan fingerprint density at radius 2 is 2.00 bits per heavy atom. The van der Waals surface area contributed by atoms with Gasteiger partial charge >= 0.3 is 0 Å². The number of amidine groups is 1. The van der Waals surface area contributed by atoms with Crippen molar-refractivity contribution in [3.63, 3.8) is 0 Å². The van der Waals surface area contributed by atoms with E-state index in [1.54, 1.807) is 6.20 Å². The summed E-state index contributed by atoms with van der Waals surface area (Å²) >= 11 is 0. The predicted molar refractivity (Wildman–Crippen MR) is 82.5 cm³/mol. The van der Waals surface area contributed by atoms with Gasteiger partial charge in [0.15, 0.2) is 11.5 Å². The summed E-state index contributed by atoms with van der Waals surface area (Å²) in [5, 5.41) is 19.6. The van der Waals surface area contributed by atoms with Crippen LogP contribution in [0.5, 0.6) is 0 Å². The second-order valence-corrected chi connectivity index (χ2v) is 5.56.